The zero-order valence-corrected chi connectivity index (χ0v) is 38.4. The number of nitrogens with zero attached hydrogens (tertiary/aromatic N) is 2. The fourth-order valence-electron chi connectivity index (χ4n) is 8.66. The van der Waals surface area contributed by atoms with Crippen LogP contribution < -0.4 is 9.47 Å². The third-order valence-corrected chi connectivity index (χ3v) is 18.0. The molecule has 0 bridgehead atoms. The second-order valence-electron chi connectivity index (χ2n) is 19.3. The monoisotopic (exact) mass is 886 g/mol. The van der Waals surface area contributed by atoms with Crippen LogP contribution in [0.3, 0.4) is 0 Å². The first-order valence-corrected chi connectivity index (χ1v) is 24.1. The molecule has 4 aromatic rings. The highest BCUT2D eigenvalue weighted by atomic mass is 79.9. The van der Waals surface area contributed by atoms with Crippen molar-refractivity contribution in [1.82, 2.24) is 10.1 Å². The van der Waals surface area contributed by atoms with Crippen LogP contribution in [-0.4, -0.2) is 54.7 Å². The molecule has 1 aromatic heterocycles. The smallest absolute Gasteiger partial charge is 0.265 e. The van der Waals surface area contributed by atoms with E-state index in [1.807, 2.05) is 92.8 Å². The summed E-state index contributed by atoms with van der Waals surface area (Å²) < 4.78 is 43.1. The lowest BCUT2D eigenvalue weighted by Gasteiger charge is -2.55. The molecule has 1 N–H and O–H groups in total. The normalized spacial score (nSPS) is 21.9. The van der Waals surface area contributed by atoms with Crippen molar-refractivity contribution in [2.24, 2.45) is 17.3 Å². The Morgan fingerprint density at radius 3 is 2.08 bits per heavy atom. The van der Waals surface area contributed by atoms with Crippen LogP contribution in [0.2, 0.25) is 18.1 Å². The van der Waals surface area contributed by atoms with Crippen molar-refractivity contribution in [3.05, 3.63) is 116 Å². The second-order valence-corrected chi connectivity index (χ2v) is 24.8. The molecule has 0 aliphatic heterocycles. The summed E-state index contributed by atoms with van der Waals surface area (Å²) in [5.74, 6) is -2.80. The van der Waals surface area contributed by atoms with Gasteiger partial charge in [-0.25, -0.2) is 4.39 Å². The minimum Gasteiger partial charge on any atom is -0.507 e. The quantitative estimate of drug-likeness (QED) is 0.116. The molecule has 0 amide bonds. The molecular weight excluding hydrogens is 832 g/mol. The van der Waals surface area contributed by atoms with Gasteiger partial charge >= 0.3 is 0 Å². The second kappa shape index (κ2) is 15.7. The van der Waals surface area contributed by atoms with Crippen molar-refractivity contribution in [2.45, 2.75) is 110 Å². The van der Waals surface area contributed by atoms with Gasteiger partial charge in [-0.05, 0) is 107 Å². The number of ether oxygens (including phenoxy) is 2. The van der Waals surface area contributed by atoms with E-state index in [2.05, 4.69) is 62.6 Å². The Morgan fingerprint density at radius 1 is 0.932 bits per heavy atom. The Labute approximate surface area is 356 Å². The minimum absolute atomic E-state index is 0.0148. The third-order valence-electron chi connectivity index (χ3n) is 12.8. The number of rotatable bonds is 11. The highest BCUT2D eigenvalue weighted by Gasteiger charge is 2.69. The molecule has 0 spiro atoms. The van der Waals surface area contributed by atoms with Crippen molar-refractivity contribution >= 4 is 41.6 Å². The van der Waals surface area contributed by atoms with Gasteiger partial charge < -0.3 is 23.5 Å². The SMILES string of the molecule is CN(C)[C@@H]1c2onc(OCc3ccccc3)c2C(=O)[C@@]2(O[Si](C)(C)C(C)(C)C)C(=O)C3=C(O)c4c(c(Br)c(F)c(CCC(C)(C)C)c4OCc4ccccc4)C[C@H]3C[C@@H]12. The average Bonchev–Trinajstić information content (AvgIpc) is 3.58. The number of benzene rings is 3. The molecule has 12 heteroatoms. The fraction of sp³-hybridized carbons (Fsp3) is 0.468. The van der Waals surface area contributed by atoms with E-state index in [-0.39, 0.29) is 70.0 Å². The Balaban J connectivity index is 1.44. The molecule has 0 radical (unpaired) electrons. The molecule has 3 aliphatic rings. The predicted molar refractivity (Wildman–Crippen MR) is 232 cm³/mol. The molecule has 7 rings (SSSR count). The molecule has 4 atom stereocenters. The summed E-state index contributed by atoms with van der Waals surface area (Å²) in [5, 5.41) is 16.6. The van der Waals surface area contributed by atoms with Crippen molar-refractivity contribution in [1.29, 1.82) is 0 Å². The van der Waals surface area contributed by atoms with E-state index in [9.17, 15) is 5.11 Å². The number of carbonyl (C=O) groups is 2. The van der Waals surface area contributed by atoms with Crippen LogP contribution in [-0.2, 0) is 35.3 Å². The molecule has 1 saturated carbocycles. The van der Waals surface area contributed by atoms with E-state index in [0.717, 1.165) is 11.1 Å². The highest BCUT2D eigenvalue weighted by molar-refractivity contribution is 9.10. The largest absolute Gasteiger partial charge is 0.507 e. The van der Waals surface area contributed by atoms with Gasteiger partial charge in [0, 0.05) is 17.1 Å². The molecule has 59 heavy (non-hydrogen) atoms. The molecule has 0 unspecified atom stereocenters. The Kier molecular flexibility index (Phi) is 11.5. The zero-order valence-electron chi connectivity index (χ0n) is 35.8. The van der Waals surface area contributed by atoms with E-state index in [1.54, 1.807) is 0 Å². The van der Waals surface area contributed by atoms with Gasteiger partial charge in [0.1, 0.15) is 36.1 Å². The molecule has 3 aliphatic carbocycles. The van der Waals surface area contributed by atoms with Crippen molar-refractivity contribution < 1.29 is 37.5 Å². The van der Waals surface area contributed by atoms with Crippen LogP contribution in [0.5, 0.6) is 11.6 Å². The molecule has 1 fully saturated rings. The van der Waals surface area contributed by atoms with Gasteiger partial charge in [-0.2, -0.15) is 0 Å². The summed E-state index contributed by atoms with van der Waals surface area (Å²) in [6, 6.07) is 18.5. The fourth-order valence-corrected chi connectivity index (χ4v) is 10.7. The number of aromatic nitrogens is 1. The number of aliphatic hydroxyl groups excluding tert-OH is 1. The summed E-state index contributed by atoms with van der Waals surface area (Å²) in [5.41, 5.74) is 0.798. The number of hydrogen-bond donors (Lipinski definition) is 1. The first-order valence-electron chi connectivity index (χ1n) is 20.4. The standard InChI is InChI=1S/C47H56BrFN2O7Si/c1-45(2,3)22-21-30-37(49)36(48)31-23-29-24-32-38(51(7)8)41-35(44(50-57-41)56-26-28-19-15-12-16-20-28)43(54)47(32,58-59(9,10)46(4,5)6)42(53)33(29)39(52)34(31)40(30)55-25-27-17-13-11-14-18-27/h11-20,29,32,38,52H,21-26H2,1-10H3/t29-,32-,38-,47-/m0/s1. The first-order chi connectivity index (χ1) is 27.7. The maximum absolute atomic E-state index is 16.8. The number of hydrogen-bond acceptors (Lipinski definition) is 9. The Morgan fingerprint density at radius 2 is 1.53 bits per heavy atom. The van der Waals surface area contributed by atoms with Gasteiger partial charge in [0.05, 0.1) is 16.1 Å². The van der Waals surface area contributed by atoms with Gasteiger partial charge in [0.2, 0.25) is 11.6 Å². The topological polar surface area (TPSA) is 111 Å². The lowest BCUT2D eigenvalue weighted by molar-refractivity contribution is -0.140. The van der Waals surface area contributed by atoms with E-state index in [4.69, 9.17) is 18.4 Å². The molecule has 9 nitrogen and oxygen atoms in total. The number of aliphatic hydroxyl groups is 1. The highest BCUT2D eigenvalue weighted by Crippen LogP contribution is 2.60. The van der Waals surface area contributed by atoms with Gasteiger partial charge in [0.15, 0.2) is 19.7 Å². The predicted octanol–water partition coefficient (Wildman–Crippen LogP) is 11.0. The van der Waals surface area contributed by atoms with Gasteiger partial charge in [0.25, 0.3) is 5.88 Å². The lowest BCUT2D eigenvalue weighted by atomic mass is 9.57. The molecule has 314 valence electrons. The maximum atomic E-state index is 16.8. The van der Waals surface area contributed by atoms with Crippen LogP contribution in [0.1, 0.15) is 104 Å². The van der Waals surface area contributed by atoms with Crippen molar-refractivity contribution in [2.75, 3.05) is 14.1 Å². The van der Waals surface area contributed by atoms with Gasteiger partial charge in [-0.3, -0.25) is 14.5 Å². The van der Waals surface area contributed by atoms with Crippen LogP contribution in [0.15, 0.2) is 75.2 Å². The summed E-state index contributed by atoms with van der Waals surface area (Å²) in [4.78, 5) is 33.5. The van der Waals surface area contributed by atoms with Gasteiger partial charge in [-0.1, -0.05) is 102 Å². The van der Waals surface area contributed by atoms with Crippen LogP contribution in [0.4, 0.5) is 4.39 Å². The Hall–Kier alpha value is -4.10. The zero-order chi connectivity index (χ0) is 42.8. The third kappa shape index (κ3) is 7.63. The minimum atomic E-state index is -2.95. The van der Waals surface area contributed by atoms with E-state index < -0.39 is 54.2 Å². The van der Waals surface area contributed by atoms with Crippen LogP contribution in [0.25, 0.3) is 5.76 Å². The van der Waals surface area contributed by atoms with Crippen LogP contribution in [0, 0.1) is 23.1 Å². The number of Topliss-reactive ketones (excluding diaryl/α,β-unsaturated/α-hetero) is 2. The van der Waals surface area contributed by atoms with Crippen molar-refractivity contribution in [3.8, 4) is 11.6 Å². The lowest BCUT2D eigenvalue weighted by Crippen LogP contribution is -2.68. The van der Waals surface area contributed by atoms with Crippen molar-refractivity contribution in [3.63, 3.8) is 0 Å². The number of halogens is 2. The number of ketones is 2. The van der Waals surface area contributed by atoms with Crippen LogP contribution >= 0.6 is 15.9 Å². The van der Waals surface area contributed by atoms with E-state index in [0.29, 0.717) is 29.7 Å². The molecule has 1 heterocycles. The number of carbonyl (C=O) groups excluding carboxylic acids is 2. The maximum Gasteiger partial charge on any atom is 0.265 e. The number of fused-ring (bicyclic) bond motifs is 4. The summed E-state index contributed by atoms with van der Waals surface area (Å²) >= 11 is 3.60. The summed E-state index contributed by atoms with van der Waals surface area (Å²) in [6.45, 7) is 16.7. The molecular formula is C47H56BrFN2O7Si. The molecule has 0 saturated heterocycles. The summed E-state index contributed by atoms with van der Waals surface area (Å²) in [6.07, 6.45) is 1.44. The van der Waals surface area contributed by atoms with E-state index in [1.165, 1.54) is 0 Å². The summed E-state index contributed by atoms with van der Waals surface area (Å²) in [7, 11) is 0.798. The Bertz CT molecular complexity index is 2290. The first kappa shape index (κ1) is 43.0. The van der Waals surface area contributed by atoms with E-state index >= 15 is 14.0 Å². The molecule has 3 aromatic carbocycles. The van der Waals surface area contributed by atoms with Gasteiger partial charge in [-0.15, -0.1) is 0 Å². The average molecular weight is 888 g/mol.